The summed E-state index contributed by atoms with van der Waals surface area (Å²) in [7, 11) is -0.902. The standard InChI is InChI=1S/C20H18BrOP.B/c1-15-13-14-19(21)20(16(15)2)22-23(17-9-5-3-6-10-17)18-11-7-4-8-12-18;/h3-14H,1-2H3;. The SMILES string of the molecule is Cc1ccc(Br)c(OP(c2ccccc2)c2ccccc2)c1C.[B]. The van der Waals surface area contributed by atoms with Gasteiger partial charge < -0.3 is 4.52 Å². The van der Waals surface area contributed by atoms with Gasteiger partial charge in [-0.1, -0.05) is 66.7 Å². The molecule has 3 aromatic carbocycles. The fourth-order valence-corrected chi connectivity index (χ4v) is 4.79. The first-order chi connectivity index (χ1) is 11.2. The van der Waals surface area contributed by atoms with Gasteiger partial charge in [0.1, 0.15) is 5.75 Å². The molecule has 0 saturated carbocycles. The Morgan fingerprint density at radius 2 is 1.25 bits per heavy atom. The fraction of sp³-hybridized carbons (Fsp3) is 0.100. The maximum atomic E-state index is 6.55. The van der Waals surface area contributed by atoms with Crippen molar-refractivity contribution in [3.05, 3.63) is 88.4 Å². The monoisotopic (exact) mass is 395 g/mol. The molecule has 0 saturated heterocycles. The van der Waals surface area contributed by atoms with Gasteiger partial charge in [0, 0.05) is 19.0 Å². The molecule has 4 heteroatoms. The van der Waals surface area contributed by atoms with Crippen LogP contribution >= 0.6 is 24.1 Å². The summed E-state index contributed by atoms with van der Waals surface area (Å²) in [4.78, 5) is 0. The quantitative estimate of drug-likeness (QED) is 0.440. The van der Waals surface area contributed by atoms with Crippen LogP contribution in [0.4, 0.5) is 0 Å². The van der Waals surface area contributed by atoms with Crippen LogP contribution in [0.1, 0.15) is 11.1 Å². The molecule has 3 rings (SSSR count). The summed E-state index contributed by atoms with van der Waals surface area (Å²) in [5, 5.41) is 2.42. The molecule has 0 aliphatic rings. The molecule has 0 aromatic heterocycles. The van der Waals surface area contributed by atoms with Gasteiger partial charge in [-0.2, -0.15) is 0 Å². The third-order valence-corrected chi connectivity index (χ3v) is 6.32. The molecule has 0 N–H and O–H groups in total. The lowest BCUT2D eigenvalue weighted by molar-refractivity contribution is 0.618. The van der Waals surface area contributed by atoms with Crippen LogP contribution in [-0.4, -0.2) is 8.41 Å². The predicted molar refractivity (Wildman–Crippen MR) is 109 cm³/mol. The van der Waals surface area contributed by atoms with Crippen molar-refractivity contribution in [2.24, 2.45) is 0 Å². The fourth-order valence-electron chi connectivity index (χ4n) is 2.34. The van der Waals surface area contributed by atoms with E-state index in [2.05, 4.69) is 90.4 Å². The van der Waals surface area contributed by atoms with Gasteiger partial charge >= 0.3 is 0 Å². The van der Waals surface area contributed by atoms with Crippen LogP contribution in [0.2, 0.25) is 0 Å². The largest absolute Gasteiger partial charge is 0.463 e. The Bertz CT molecular complexity index is 754. The first kappa shape index (κ1) is 18.8. The summed E-state index contributed by atoms with van der Waals surface area (Å²) < 4.78 is 7.55. The number of halogens is 1. The van der Waals surface area contributed by atoms with E-state index in [1.165, 1.54) is 21.7 Å². The van der Waals surface area contributed by atoms with Crippen molar-refractivity contribution in [2.75, 3.05) is 0 Å². The van der Waals surface area contributed by atoms with E-state index < -0.39 is 8.15 Å². The molecule has 0 spiro atoms. The second-order valence-electron chi connectivity index (χ2n) is 5.38. The topological polar surface area (TPSA) is 9.23 Å². The molecule has 0 bridgehead atoms. The van der Waals surface area contributed by atoms with Gasteiger partial charge in [-0.05, 0) is 47.0 Å². The van der Waals surface area contributed by atoms with E-state index in [1.54, 1.807) is 0 Å². The molecular formula is C20H18BBrOP. The predicted octanol–water partition coefficient (Wildman–Crippen LogP) is 5.11. The average molecular weight is 396 g/mol. The highest BCUT2D eigenvalue weighted by atomic mass is 79.9. The van der Waals surface area contributed by atoms with E-state index in [1.807, 2.05) is 12.1 Å². The minimum atomic E-state index is -0.902. The highest BCUT2D eigenvalue weighted by molar-refractivity contribution is 9.10. The van der Waals surface area contributed by atoms with E-state index in [0.717, 1.165) is 10.2 Å². The summed E-state index contributed by atoms with van der Waals surface area (Å²) in [6.07, 6.45) is 0. The number of aryl methyl sites for hydroxylation is 1. The van der Waals surface area contributed by atoms with Gasteiger partial charge in [-0.3, -0.25) is 0 Å². The smallest absolute Gasteiger partial charge is 0.150 e. The maximum Gasteiger partial charge on any atom is 0.150 e. The van der Waals surface area contributed by atoms with Gasteiger partial charge in [0.05, 0.1) is 4.47 Å². The molecule has 0 aliphatic heterocycles. The third-order valence-electron chi connectivity index (χ3n) is 3.79. The molecule has 3 aromatic rings. The number of rotatable bonds is 4. The van der Waals surface area contributed by atoms with Gasteiger partial charge in [-0.15, -0.1) is 0 Å². The normalized spacial score (nSPS) is 10.3. The van der Waals surface area contributed by atoms with E-state index >= 15 is 0 Å². The lowest BCUT2D eigenvalue weighted by Crippen LogP contribution is -2.16. The summed E-state index contributed by atoms with van der Waals surface area (Å²) in [5.74, 6) is 0.934. The zero-order chi connectivity index (χ0) is 16.2. The third kappa shape index (κ3) is 4.09. The Morgan fingerprint density at radius 3 is 1.75 bits per heavy atom. The highest BCUT2D eigenvalue weighted by Gasteiger charge is 2.19. The zero-order valence-corrected chi connectivity index (χ0v) is 16.2. The Balaban J connectivity index is 0.00000208. The van der Waals surface area contributed by atoms with Gasteiger partial charge in [-0.25, -0.2) is 0 Å². The maximum absolute atomic E-state index is 6.55. The molecule has 3 radical (unpaired) electrons. The highest BCUT2D eigenvalue weighted by Crippen LogP contribution is 2.42. The molecule has 1 nitrogen and oxygen atoms in total. The number of benzene rings is 3. The Kier molecular flexibility index (Phi) is 6.65. The number of hydrogen-bond donors (Lipinski definition) is 0. The summed E-state index contributed by atoms with van der Waals surface area (Å²) in [6, 6.07) is 25.0. The summed E-state index contributed by atoms with van der Waals surface area (Å²) in [6.45, 7) is 4.22. The van der Waals surface area contributed by atoms with Crippen LogP contribution < -0.4 is 15.1 Å². The Labute approximate surface area is 155 Å². The van der Waals surface area contributed by atoms with Crippen LogP contribution in [0.25, 0.3) is 0 Å². The van der Waals surface area contributed by atoms with E-state index in [0.29, 0.717) is 0 Å². The second-order valence-corrected chi connectivity index (χ2v) is 8.03. The van der Waals surface area contributed by atoms with Crippen molar-refractivity contribution in [1.82, 2.24) is 0 Å². The number of hydrogen-bond acceptors (Lipinski definition) is 1. The second kappa shape index (κ2) is 8.51. The first-order valence-electron chi connectivity index (χ1n) is 7.50. The van der Waals surface area contributed by atoms with Crippen molar-refractivity contribution in [3.8, 4) is 5.75 Å². The van der Waals surface area contributed by atoms with Crippen molar-refractivity contribution in [2.45, 2.75) is 13.8 Å². The van der Waals surface area contributed by atoms with Gasteiger partial charge in [0.15, 0.2) is 8.15 Å². The van der Waals surface area contributed by atoms with Crippen LogP contribution in [-0.2, 0) is 0 Å². The molecular weight excluding hydrogens is 378 g/mol. The Morgan fingerprint density at radius 1 is 0.750 bits per heavy atom. The lowest BCUT2D eigenvalue weighted by atomic mass is 10.1. The lowest BCUT2D eigenvalue weighted by Gasteiger charge is -2.22. The van der Waals surface area contributed by atoms with E-state index in [4.69, 9.17) is 4.52 Å². The van der Waals surface area contributed by atoms with Crippen molar-refractivity contribution >= 4 is 43.1 Å². The Hall–Kier alpha value is -1.57. The van der Waals surface area contributed by atoms with Crippen molar-refractivity contribution in [3.63, 3.8) is 0 Å². The summed E-state index contributed by atoms with van der Waals surface area (Å²) >= 11 is 3.64. The first-order valence-corrected chi connectivity index (χ1v) is 9.56. The van der Waals surface area contributed by atoms with E-state index in [-0.39, 0.29) is 8.41 Å². The van der Waals surface area contributed by atoms with Crippen LogP contribution in [0.3, 0.4) is 0 Å². The van der Waals surface area contributed by atoms with Crippen LogP contribution in [0, 0.1) is 13.8 Å². The molecule has 0 atom stereocenters. The average Bonchev–Trinajstić information content (AvgIpc) is 2.60. The van der Waals surface area contributed by atoms with Gasteiger partial charge in [0.2, 0.25) is 0 Å². The molecule has 0 amide bonds. The molecule has 0 aliphatic carbocycles. The van der Waals surface area contributed by atoms with Crippen molar-refractivity contribution in [1.29, 1.82) is 0 Å². The molecule has 119 valence electrons. The zero-order valence-electron chi connectivity index (χ0n) is 13.7. The molecule has 0 unspecified atom stereocenters. The van der Waals surface area contributed by atoms with Crippen LogP contribution in [0.15, 0.2) is 77.3 Å². The minimum absolute atomic E-state index is 0. The molecule has 24 heavy (non-hydrogen) atoms. The van der Waals surface area contributed by atoms with E-state index in [9.17, 15) is 0 Å². The minimum Gasteiger partial charge on any atom is -0.463 e. The van der Waals surface area contributed by atoms with Crippen molar-refractivity contribution < 1.29 is 4.52 Å². The molecule has 0 heterocycles. The van der Waals surface area contributed by atoms with Crippen LogP contribution in [0.5, 0.6) is 5.75 Å². The summed E-state index contributed by atoms with van der Waals surface area (Å²) in [5.41, 5.74) is 2.41. The van der Waals surface area contributed by atoms with Gasteiger partial charge in [0.25, 0.3) is 0 Å². The molecule has 0 fully saturated rings.